The second-order valence-corrected chi connectivity index (χ2v) is 28.6. The summed E-state index contributed by atoms with van der Waals surface area (Å²) in [6.45, 7) is 22.8. The molecule has 21 nitrogen and oxygen atoms in total. The number of nitrogen functional groups attached to an aromatic ring is 1. The van der Waals surface area contributed by atoms with Gasteiger partial charge in [0.25, 0.3) is 31.9 Å². The van der Waals surface area contributed by atoms with E-state index >= 15 is 0 Å². The number of benzene rings is 4. The van der Waals surface area contributed by atoms with Crippen LogP contribution in [0.5, 0.6) is 17.4 Å². The molecule has 2 aromatic heterocycles. The lowest BCUT2D eigenvalue weighted by molar-refractivity contribution is -0.456. The number of hydrogen-bond acceptors (Lipinski definition) is 15. The van der Waals surface area contributed by atoms with E-state index < -0.39 is 42.2 Å². The molecule has 1 fully saturated rings. The minimum absolute atomic E-state index is 0.0117. The van der Waals surface area contributed by atoms with Gasteiger partial charge < -0.3 is 40.3 Å². The maximum absolute atomic E-state index is 13.4. The second-order valence-electron chi connectivity index (χ2n) is 25.8. The lowest BCUT2D eigenvalue weighted by Gasteiger charge is -2.29. The quantitative estimate of drug-likeness (QED) is 0.0108. The van der Waals surface area contributed by atoms with Crippen LogP contribution in [0.15, 0.2) is 113 Å². The van der Waals surface area contributed by atoms with Crippen LogP contribution in [0.2, 0.25) is 0 Å². The monoisotopic (exact) mass is 1250 g/mol. The van der Waals surface area contributed by atoms with Crippen molar-refractivity contribution in [3.8, 4) is 17.4 Å². The van der Waals surface area contributed by atoms with E-state index in [9.17, 15) is 40.6 Å². The van der Waals surface area contributed by atoms with Gasteiger partial charge in [0.1, 0.15) is 23.6 Å². The Morgan fingerprint density at radius 1 is 0.899 bits per heavy atom. The van der Waals surface area contributed by atoms with Gasteiger partial charge in [0.15, 0.2) is 17.9 Å². The van der Waals surface area contributed by atoms with Gasteiger partial charge >= 0.3 is 0 Å². The zero-order valence-corrected chi connectivity index (χ0v) is 53.7. The maximum Gasteiger partial charge on any atom is 0.294 e. The van der Waals surface area contributed by atoms with E-state index in [0.717, 1.165) is 80.1 Å². The minimum atomic E-state index is -4.51. The van der Waals surface area contributed by atoms with Crippen molar-refractivity contribution >= 4 is 66.2 Å². The molecule has 7 N–H and O–H groups in total. The third-order valence-electron chi connectivity index (χ3n) is 17.8. The summed E-state index contributed by atoms with van der Waals surface area (Å²) in [5.74, 6) is 1.20. The third-order valence-corrected chi connectivity index (χ3v) is 19.5. The average Bonchev–Trinajstić information content (AvgIpc) is 1.56. The molecule has 1 spiro atoms. The SMILES string of the molecule is Cc1c(C)c2c(c(C)c1O)CCC1(O2)C(=O)N1CC(C)COCC(C)(C)C[N+]1=C(/C=C/C=C/C=C2/N(CCCCCC(=O)NCc3ccc(COc4nc(N)nc5nc[nH]c45)cc3)c3ccc(S(=O)(=O)O)cc3C2(C)C)C(C)(C)c2cc(S(=O)(=O)O)ccc21. The number of nitrogens with zero attached hydrogens (tertiary/aromatic N) is 6. The first kappa shape index (κ1) is 64.0. The second kappa shape index (κ2) is 24.4. The predicted molar refractivity (Wildman–Crippen MR) is 339 cm³/mol. The van der Waals surface area contributed by atoms with Gasteiger partial charge in [-0.15, -0.1) is 0 Å². The van der Waals surface area contributed by atoms with Gasteiger partial charge in [-0.05, 0) is 130 Å². The Hall–Kier alpha value is -7.96. The average molecular weight is 1260 g/mol. The standard InChI is InChI=1S/C66H79N9O12S2/c1-40(34-75-61(78)66(75)29-28-48-43(4)57(77)41(2)42(3)58(48)87-66)35-85-38-63(5,6)37-74-52-27-25-47(89(82,83)84)32-50(52)65(9,10)54(74)18-14-11-13-17-53-64(7,8)49-31-46(88(79,80)81)24-26-51(49)73(53)30-16-12-15-19-55(76)68-33-44-20-22-45(23-21-44)36-86-60-56-59(70-39-69-56)71-62(67)72-60/h11,13-14,17-18,20-27,31-32,39-40H,12,15-16,19,28-30,33-38H2,1-10H3,(H6-,67,68,69,70,71,72,76,77,79,80,81,82,83,84)/p+1. The molecule has 6 aromatic rings. The summed E-state index contributed by atoms with van der Waals surface area (Å²) in [5.41, 5.74) is 14.0. The van der Waals surface area contributed by atoms with Crippen LogP contribution in [-0.4, -0.2) is 117 Å². The molecule has 2 atom stereocenters. The molecule has 4 aliphatic rings. The first-order valence-electron chi connectivity index (χ1n) is 30.0. The number of allylic oxidation sites excluding steroid dienone is 6. The zero-order valence-electron chi connectivity index (χ0n) is 52.1. The van der Waals surface area contributed by atoms with Gasteiger partial charge in [0, 0.05) is 78.0 Å². The largest absolute Gasteiger partial charge is 0.507 e. The summed E-state index contributed by atoms with van der Waals surface area (Å²) in [6.07, 6.45) is 14.8. The van der Waals surface area contributed by atoms with Crippen molar-refractivity contribution in [2.75, 3.05) is 43.5 Å². The number of fused-ring (bicyclic) bond motifs is 4. The van der Waals surface area contributed by atoms with Crippen molar-refractivity contribution < 1.29 is 59.4 Å². The smallest absolute Gasteiger partial charge is 0.294 e. The van der Waals surface area contributed by atoms with E-state index in [-0.39, 0.29) is 45.8 Å². The highest BCUT2D eigenvalue weighted by atomic mass is 32.2. The van der Waals surface area contributed by atoms with E-state index in [1.807, 2.05) is 110 Å². The zero-order chi connectivity index (χ0) is 64.2. The van der Waals surface area contributed by atoms with Crippen LogP contribution < -0.4 is 25.4 Å². The van der Waals surface area contributed by atoms with E-state index in [2.05, 4.69) is 48.6 Å². The fourth-order valence-corrected chi connectivity index (χ4v) is 13.6. The molecule has 472 valence electrons. The summed E-state index contributed by atoms with van der Waals surface area (Å²) in [6, 6.07) is 17.0. The van der Waals surface area contributed by atoms with Crippen LogP contribution in [-0.2, 0) is 65.0 Å². The molecule has 23 heteroatoms. The van der Waals surface area contributed by atoms with Crippen molar-refractivity contribution in [2.24, 2.45) is 11.3 Å². The minimum Gasteiger partial charge on any atom is -0.507 e. The van der Waals surface area contributed by atoms with E-state index in [1.54, 1.807) is 17.0 Å². The van der Waals surface area contributed by atoms with Gasteiger partial charge in [0.2, 0.25) is 23.4 Å². The molecular formula is C66H80N9O12S2+. The number of rotatable bonds is 24. The number of nitrogens with two attached hydrogens (primary N) is 1. The Labute approximate surface area is 520 Å². The highest BCUT2D eigenvalue weighted by Gasteiger charge is 2.67. The number of ether oxygens (including phenoxy) is 3. The van der Waals surface area contributed by atoms with Crippen molar-refractivity contribution in [3.05, 3.63) is 148 Å². The molecule has 6 heterocycles. The van der Waals surface area contributed by atoms with Crippen molar-refractivity contribution in [1.82, 2.24) is 30.2 Å². The number of unbranched alkanes of at least 4 members (excludes halogenated alkanes) is 2. The molecule has 0 aliphatic carbocycles. The summed E-state index contributed by atoms with van der Waals surface area (Å²) in [7, 11) is -9.00. The number of aromatic nitrogens is 4. The Balaban J connectivity index is 0.779. The Morgan fingerprint density at radius 2 is 1.60 bits per heavy atom. The van der Waals surface area contributed by atoms with E-state index in [4.69, 9.17) is 19.9 Å². The fourth-order valence-electron chi connectivity index (χ4n) is 12.6. The summed E-state index contributed by atoms with van der Waals surface area (Å²) in [5, 5.41) is 13.7. The Morgan fingerprint density at radius 3 is 2.31 bits per heavy atom. The number of nitrogens with one attached hydrogen (secondary N) is 2. The summed E-state index contributed by atoms with van der Waals surface area (Å²) < 4.78 is 90.9. The lowest BCUT2D eigenvalue weighted by Crippen LogP contribution is -2.35. The molecule has 2 unspecified atom stereocenters. The highest BCUT2D eigenvalue weighted by molar-refractivity contribution is 7.86. The number of imidazole rings is 1. The fraction of sp³-hybridized carbons (Fsp3) is 0.424. The number of phenolic OH excluding ortho intramolecular Hbond substituents is 1. The van der Waals surface area contributed by atoms with Gasteiger partial charge in [0.05, 0.1) is 34.7 Å². The van der Waals surface area contributed by atoms with E-state index in [0.29, 0.717) is 87.9 Å². The third kappa shape index (κ3) is 13.1. The first-order chi connectivity index (χ1) is 41.9. The molecule has 0 radical (unpaired) electrons. The van der Waals surface area contributed by atoms with Crippen LogP contribution in [0.25, 0.3) is 11.2 Å². The van der Waals surface area contributed by atoms with Gasteiger partial charge in [-0.2, -0.15) is 31.4 Å². The molecule has 2 amide bonds. The first-order valence-corrected chi connectivity index (χ1v) is 32.9. The molecule has 4 aliphatic heterocycles. The number of aromatic amines is 1. The molecule has 1 saturated heterocycles. The number of hydrogen-bond donors (Lipinski definition) is 6. The maximum atomic E-state index is 13.4. The number of carbonyl (C=O) groups excluding carboxylic acids is 2. The number of anilines is 2. The van der Waals surface area contributed by atoms with Crippen molar-refractivity contribution in [1.29, 1.82) is 0 Å². The predicted octanol–water partition coefficient (Wildman–Crippen LogP) is 9.93. The van der Waals surface area contributed by atoms with Crippen molar-refractivity contribution in [3.63, 3.8) is 0 Å². The molecule has 89 heavy (non-hydrogen) atoms. The number of aromatic hydroxyl groups is 1. The van der Waals surface area contributed by atoms with Crippen LogP contribution >= 0.6 is 0 Å². The van der Waals surface area contributed by atoms with Gasteiger partial charge in [-0.25, -0.2) is 4.98 Å². The molecule has 10 rings (SSSR count). The van der Waals surface area contributed by atoms with Crippen LogP contribution in [0.4, 0.5) is 17.3 Å². The lowest BCUT2D eigenvalue weighted by atomic mass is 9.81. The Kier molecular flexibility index (Phi) is 17.6. The summed E-state index contributed by atoms with van der Waals surface area (Å²) >= 11 is 0. The number of carbonyl (C=O) groups is 2. The van der Waals surface area contributed by atoms with Gasteiger partial charge in [-0.1, -0.05) is 83.5 Å². The van der Waals surface area contributed by atoms with Crippen LogP contribution in [0.1, 0.15) is 125 Å². The number of H-pyrrole nitrogens is 1. The highest BCUT2D eigenvalue weighted by Crippen LogP contribution is 2.51. The normalized spacial score (nSPS) is 18.6. The molecule has 0 bridgehead atoms. The summed E-state index contributed by atoms with van der Waals surface area (Å²) in [4.78, 5) is 45.4. The van der Waals surface area contributed by atoms with Crippen LogP contribution in [0.3, 0.4) is 0 Å². The van der Waals surface area contributed by atoms with Crippen molar-refractivity contribution in [2.45, 2.75) is 147 Å². The molecule has 0 saturated carbocycles. The number of phenols is 1. The molecular weight excluding hydrogens is 1170 g/mol. The van der Waals surface area contributed by atoms with Crippen LogP contribution in [0, 0.1) is 32.1 Å². The molecule has 4 aromatic carbocycles. The number of amides is 2. The topological polar surface area (TPSA) is 293 Å². The van der Waals surface area contributed by atoms with Gasteiger partial charge in [-0.3, -0.25) is 23.6 Å². The Bertz CT molecular complexity index is 4150. The van der Waals surface area contributed by atoms with E-state index in [1.165, 1.54) is 30.6 Å².